The second kappa shape index (κ2) is 5.33. The molecule has 0 N–H and O–H groups in total. The second-order valence-electron chi connectivity index (χ2n) is 4.54. The molecule has 0 bridgehead atoms. The van der Waals surface area contributed by atoms with Crippen LogP contribution < -0.4 is 4.90 Å². The van der Waals surface area contributed by atoms with Gasteiger partial charge >= 0.3 is 0 Å². The number of nitro benzene ring substituents is 1. The van der Waals surface area contributed by atoms with E-state index in [4.69, 9.17) is 0 Å². The SMILES string of the molecule is CS(=O)(=O)N1CCN(c2cc(F)ccc2[N+](=O)[O-])CC1. The first-order chi connectivity index (χ1) is 9.29. The van der Waals surface area contributed by atoms with Crippen LogP contribution in [0.3, 0.4) is 0 Å². The van der Waals surface area contributed by atoms with E-state index in [1.165, 1.54) is 4.31 Å². The molecule has 9 heteroatoms. The fraction of sp³-hybridized carbons (Fsp3) is 0.455. The first-order valence-corrected chi connectivity index (χ1v) is 7.78. The molecule has 0 aromatic heterocycles. The summed E-state index contributed by atoms with van der Waals surface area (Å²) in [6.07, 6.45) is 1.12. The molecule has 1 saturated heterocycles. The quantitative estimate of drug-likeness (QED) is 0.609. The highest BCUT2D eigenvalue weighted by atomic mass is 32.2. The maximum absolute atomic E-state index is 13.3. The standard InChI is InChI=1S/C11H14FN3O4S/c1-20(18,19)14-6-4-13(5-7-14)11-8-9(12)2-3-10(11)15(16)17/h2-3,8H,4-7H2,1H3. The Hall–Kier alpha value is -1.74. The number of hydrogen-bond acceptors (Lipinski definition) is 5. The van der Waals surface area contributed by atoms with Crippen molar-refractivity contribution in [3.05, 3.63) is 34.1 Å². The summed E-state index contributed by atoms with van der Waals surface area (Å²) in [6.45, 7) is 1.04. The van der Waals surface area contributed by atoms with Crippen molar-refractivity contribution in [2.45, 2.75) is 0 Å². The lowest BCUT2D eigenvalue weighted by atomic mass is 10.2. The Balaban J connectivity index is 2.22. The Bertz CT molecular complexity index is 627. The van der Waals surface area contributed by atoms with Gasteiger partial charge in [0.1, 0.15) is 11.5 Å². The first-order valence-electron chi connectivity index (χ1n) is 5.93. The average molecular weight is 303 g/mol. The van der Waals surface area contributed by atoms with Gasteiger partial charge in [0.15, 0.2) is 0 Å². The van der Waals surface area contributed by atoms with Crippen LogP contribution in [0.4, 0.5) is 15.8 Å². The highest BCUT2D eigenvalue weighted by Gasteiger charge is 2.27. The summed E-state index contributed by atoms with van der Waals surface area (Å²) in [7, 11) is -3.27. The molecule has 20 heavy (non-hydrogen) atoms. The van der Waals surface area contributed by atoms with E-state index in [2.05, 4.69) is 0 Å². The molecule has 0 unspecified atom stereocenters. The van der Waals surface area contributed by atoms with E-state index >= 15 is 0 Å². The molecule has 1 aliphatic rings. The predicted molar refractivity (Wildman–Crippen MR) is 71.7 cm³/mol. The second-order valence-corrected chi connectivity index (χ2v) is 6.52. The summed E-state index contributed by atoms with van der Waals surface area (Å²) < 4.78 is 37.4. The predicted octanol–water partition coefficient (Wildman–Crippen LogP) is 0.816. The molecule has 0 radical (unpaired) electrons. The minimum Gasteiger partial charge on any atom is -0.363 e. The lowest BCUT2D eigenvalue weighted by molar-refractivity contribution is -0.384. The number of nitrogens with zero attached hydrogens (tertiary/aromatic N) is 3. The number of anilines is 1. The van der Waals surface area contributed by atoms with E-state index in [0.717, 1.165) is 24.5 Å². The molecule has 1 fully saturated rings. The summed E-state index contributed by atoms with van der Waals surface area (Å²) >= 11 is 0. The van der Waals surface area contributed by atoms with Gasteiger partial charge in [-0.05, 0) is 6.07 Å². The van der Waals surface area contributed by atoms with Crippen molar-refractivity contribution in [2.24, 2.45) is 0 Å². The third-order valence-corrected chi connectivity index (χ3v) is 4.49. The molecule has 0 aliphatic carbocycles. The zero-order valence-corrected chi connectivity index (χ0v) is 11.6. The third-order valence-electron chi connectivity index (χ3n) is 3.18. The zero-order valence-electron chi connectivity index (χ0n) is 10.8. The van der Waals surface area contributed by atoms with E-state index in [1.54, 1.807) is 4.90 Å². The smallest absolute Gasteiger partial charge is 0.292 e. The number of rotatable bonds is 3. The van der Waals surface area contributed by atoms with E-state index in [1.807, 2.05) is 0 Å². The van der Waals surface area contributed by atoms with Crippen molar-refractivity contribution < 1.29 is 17.7 Å². The van der Waals surface area contributed by atoms with Gasteiger partial charge in [-0.2, -0.15) is 4.31 Å². The van der Waals surface area contributed by atoms with E-state index < -0.39 is 20.8 Å². The van der Waals surface area contributed by atoms with Crippen molar-refractivity contribution in [2.75, 3.05) is 37.3 Å². The molecule has 7 nitrogen and oxygen atoms in total. The van der Waals surface area contributed by atoms with Crippen molar-refractivity contribution in [3.8, 4) is 0 Å². The molecule has 0 atom stereocenters. The van der Waals surface area contributed by atoms with Crippen LogP contribution in [0.2, 0.25) is 0 Å². The molecular formula is C11H14FN3O4S. The Kier molecular flexibility index (Phi) is 3.91. The number of piperazine rings is 1. The van der Waals surface area contributed by atoms with Crippen LogP contribution in [0.25, 0.3) is 0 Å². The van der Waals surface area contributed by atoms with Gasteiger partial charge < -0.3 is 4.90 Å². The van der Waals surface area contributed by atoms with Gasteiger partial charge in [-0.25, -0.2) is 12.8 Å². The van der Waals surface area contributed by atoms with Crippen LogP contribution in [-0.2, 0) is 10.0 Å². The lowest BCUT2D eigenvalue weighted by Gasteiger charge is -2.34. The van der Waals surface area contributed by atoms with E-state index in [9.17, 15) is 22.9 Å². The average Bonchev–Trinajstić information content (AvgIpc) is 2.37. The van der Waals surface area contributed by atoms with Crippen LogP contribution in [0.1, 0.15) is 0 Å². The zero-order chi connectivity index (χ0) is 14.9. The van der Waals surface area contributed by atoms with Gasteiger partial charge in [0, 0.05) is 38.3 Å². The molecule has 1 heterocycles. The molecule has 0 saturated carbocycles. The van der Waals surface area contributed by atoms with Crippen LogP contribution in [0.15, 0.2) is 18.2 Å². The molecule has 0 amide bonds. The van der Waals surface area contributed by atoms with Crippen LogP contribution in [0.5, 0.6) is 0 Å². The first kappa shape index (κ1) is 14.7. The summed E-state index contributed by atoms with van der Waals surface area (Å²) in [5.41, 5.74) is 0.00218. The Morgan fingerprint density at radius 2 is 1.85 bits per heavy atom. The summed E-state index contributed by atoms with van der Waals surface area (Å²) in [4.78, 5) is 12.0. The van der Waals surface area contributed by atoms with Crippen LogP contribution >= 0.6 is 0 Å². The number of hydrogen-bond donors (Lipinski definition) is 0. The summed E-state index contributed by atoms with van der Waals surface area (Å²) in [5, 5.41) is 10.9. The monoisotopic (exact) mass is 303 g/mol. The van der Waals surface area contributed by atoms with E-state index in [0.29, 0.717) is 0 Å². The molecule has 1 aromatic rings. The van der Waals surface area contributed by atoms with Crippen molar-refractivity contribution in [3.63, 3.8) is 0 Å². The minimum absolute atomic E-state index is 0.181. The van der Waals surface area contributed by atoms with Crippen LogP contribution in [0, 0.1) is 15.9 Å². The van der Waals surface area contributed by atoms with Gasteiger partial charge in [-0.1, -0.05) is 0 Å². The summed E-state index contributed by atoms with van der Waals surface area (Å²) in [6, 6.07) is 3.26. The normalized spacial score (nSPS) is 17.2. The fourth-order valence-electron chi connectivity index (χ4n) is 2.16. The molecule has 0 spiro atoms. The Labute approximate surface area is 115 Å². The largest absolute Gasteiger partial charge is 0.363 e. The maximum atomic E-state index is 13.3. The number of benzene rings is 1. The lowest BCUT2D eigenvalue weighted by Crippen LogP contribution is -2.48. The van der Waals surface area contributed by atoms with Gasteiger partial charge in [-0.3, -0.25) is 10.1 Å². The van der Waals surface area contributed by atoms with E-state index in [-0.39, 0.29) is 37.6 Å². The highest BCUT2D eigenvalue weighted by molar-refractivity contribution is 7.88. The summed E-state index contributed by atoms with van der Waals surface area (Å²) in [5.74, 6) is -0.559. The molecule has 2 rings (SSSR count). The number of nitro groups is 1. The molecule has 1 aromatic carbocycles. The van der Waals surface area contributed by atoms with Crippen molar-refractivity contribution in [1.82, 2.24) is 4.31 Å². The van der Waals surface area contributed by atoms with Crippen molar-refractivity contribution >= 4 is 21.4 Å². The fourth-order valence-corrected chi connectivity index (χ4v) is 2.99. The van der Waals surface area contributed by atoms with Gasteiger partial charge in [-0.15, -0.1) is 0 Å². The Morgan fingerprint density at radius 3 is 2.35 bits per heavy atom. The number of sulfonamides is 1. The topological polar surface area (TPSA) is 83.8 Å². The van der Waals surface area contributed by atoms with Gasteiger partial charge in [0.05, 0.1) is 11.2 Å². The van der Waals surface area contributed by atoms with Gasteiger partial charge in [0.2, 0.25) is 10.0 Å². The third kappa shape index (κ3) is 3.05. The molecule has 1 aliphatic heterocycles. The Morgan fingerprint density at radius 1 is 1.25 bits per heavy atom. The molecule has 110 valence electrons. The highest BCUT2D eigenvalue weighted by Crippen LogP contribution is 2.29. The van der Waals surface area contributed by atoms with Crippen molar-refractivity contribution in [1.29, 1.82) is 0 Å². The number of halogens is 1. The minimum atomic E-state index is -3.27. The maximum Gasteiger partial charge on any atom is 0.292 e. The van der Waals surface area contributed by atoms with Gasteiger partial charge in [0.25, 0.3) is 5.69 Å². The van der Waals surface area contributed by atoms with Crippen LogP contribution in [-0.4, -0.2) is 50.1 Å². The molecular weight excluding hydrogens is 289 g/mol.